The molecule has 1 aromatic rings. The lowest BCUT2D eigenvalue weighted by molar-refractivity contribution is -0.133. The molecule has 0 bridgehead atoms. The number of hydrogen-bond donors (Lipinski definition) is 0. The summed E-state index contributed by atoms with van der Waals surface area (Å²) in [5.41, 5.74) is 0. The number of piperidine rings is 1. The van der Waals surface area contributed by atoms with Crippen LogP contribution in [0.3, 0.4) is 0 Å². The lowest BCUT2D eigenvalue weighted by Crippen LogP contribution is -2.45. The molecule has 5 heteroatoms. The molecule has 3 rings (SSSR count). The van der Waals surface area contributed by atoms with E-state index in [0.29, 0.717) is 11.6 Å². The van der Waals surface area contributed by atoms with Gasteiger partial charge in [0.25, 0.3) is 0 Å². The molecule has 2 heterocycles. The van der Waals surface area contributed by atoms with Crippen LogP contribution < -0.4 is 4.74 Å². The number of rotatable bonds is 4. The SMILES string of the molecule is O=C(CN1CCCC1)N1CCC(Oc2ccccc2Cl)CC1. The van der Waals surface area contributed by atoms with Crippen LogP contribution in [0.1, 0.15) is 25.7 Å². The quantitative estimate of drug-likeness (QED) is 0.854. The maximum atomic E-state index is 12.3. The number of hydrogen-bond acceptors (Lipinski definition) is 3. The molecule has 2 fully saturated rings. The summed E-state index contributed by atoms with van der Waals surface area (Å²) in [5.74, 6) is 1.00. The largest absolute Gasteiger partial charge is 0.489 e. The van der Waals surface area contributed by atoms with Crippen LogP contribution in [0.2, 0.25) is 5.02 Å². The molecule has 2 aliphatic rings. The molecule has 22 heavy (non-hydrogen) atoms. The van der Waals surface area contributed by atoms with Gasteiger partial charge in [-0.1, -0.05) is 23.7 Å². The number of para-hydroxylation sites is 1. The van der Waals surface area contributed by atoms with Gasteiger partial charge in [-0.15, -0.1) is 0 Å². The summed E-state index contributed by atoms with van der Waals surface area (Å²) in [6, 6.07) is 7.56. The summed E-state index contributed by atoms with van der Waals surface area (Å²) in [6.07, 6.45) is 4.34. The normalized spacial score (nSPS) is 20.3. The third-order valence-corrected chi connectivity index (χ3v) is 4.79. The van der Waals surface area contributed by atoms with Gasteiger partial charge in [0.15, 0.2) is 0 Å². The molecule has 120 valence electrons. The zero-order valence-electron chi connectivity index (χ0n) is 12.8. The van der Waals surface area contributed by atoms with Crippen LogP contribution in [0.4, 0.5) is 0 Å². The number of carbonyl (C=O) groups is 1. The Morgan fingerprint density at radius 1 is 1.14 bits per heavy atom. The predicted molar refractivity (Wildman–Crippen MR) is 87.4 cm³/mol. The van der Waals surface area contributed by atoms with Gasteiger partial charge in [0.2, 0.25) is 5.91 Å². The van der Waals surface area contributed by atoms with Gasteiger partial charge >= 0.3 is 0 Å². The van der Waals surface area contributed by atoms with E-state index in [1.807, 2.05) is 29.2 Å². The minimum atomic E-state index is 0.149. The maximum Gasteiger partial charge on any atom is 0.236 e. The highest BCUT2D eigenvalue weighted by molar-refractivity contribution is 6.32. The fraction of sp³-hybridized carbons (Fsp3) is 0.588. The highest BCUT2D eigenvalue weighted by atomic mass is 35.5. The van der Waals surface area contributed by atoms with E-state index < -0.39 is 0 Å². The highest BCUT2D eigenvalue weighted by Gasteiger charge is 2.26. The molecule has 0 unspecified atom stereocenters. The fourth-order valence-corrected chi connectivity index (χ4v) is 3.36. The van der Waals surface area contributed by atoms with Gasteiger partial charge < -0.3 is 9.64 Å². The number of benzene rings is 1. The van der Waals surface area contributed by atoms with Gasteiger partial charge in [-0.3, -0.25) is 9.69 Å². The predicted octanol–water partition coefficient (Wildman–Crippen LogP) is 2.81. The average Bonchev–Trinajstić information content (AvgIpc) is 3.03. The standard InChI is InChI=1S/C17H23ClN2O2/c18-15-5-1-2-6-16(15)22-14-7-11-20(12-8-14)17(21)13-19-9-3-4-10-19/h1-2,5-6,14H,3-4,7-13H2. The first kappa shape index (κ1) is 15.6. The van der Waals surface area contributed by atoms with Crippen LogP contribution in [0.5, 0.6) is 5.75 Å². The van der Waals surface area contributed by atoms with E-state index in [2.05, 4.69) is 4.90 Å². The number of nitrogens with zero attached hydrogens (tertiary/aromatic N) is 2. The molecule has 0 aromatic heterocycles. The molecule has 1 amide bonds. The summed E-state index contributed by atoms with van der Waals surface area (Å²) in [4.78, 5) is 16.5. The van der Waals surface area contributed by atoms with E-state index in [1.165, 1.54) is 12.8 Å². The van der Waals surface area contributed by atoms with Gasteiger partial charge in [-0.2, -0.15) is 0 Å². The molecule has 0 aliphatic carbocycles. The van der Waals surface area contributed by atoms with Crippen molar-refractivity contribution in [3.63, 3.8) is 0 Å². The number of carbonyl (C=O) groups excluding carboxylic acids is 1. The molecule has 1 aromatic carbocycles. The minimum Gasteiger partial charge on any atom is -0.489 e. The van der Waals surface area contributed by atoms with Crippen LogP contribution in [0.15, 0.2) is 24.3 Å². The Morgan fingerprint density at radius 3 is 2.50 bits per heavy atom. The lowest BCUT2D eigenvalue weighted by Gasteiger charge is -2.33. The Kier molecular flexibility index (Phi) is 5.21. The van der Waals surface area contributed by atoms with Crippen molar-refractivity contribution in [1.82, 2.24) is 9.80 Å². The van der Waals surface area contributed by atoms with E-state index in [0.717, 1.165) is 44.8 Å². The van der Waals surface area contributed by atoms with Crippen molar-refractivity contribution in [2.75, 3.05) is 32.7 Å². The maximum absolute atomic E-state index is 12.3. The molecule has 2 aliphatic heterocycles. The van der Waals surface area contributed by atoms with Crippen molar-refractivity contribution in [1.29, 1.82) is 0 Å². The molecule has 4 nitrogen and oxygen atoms in total. The van der Waals surface area contributed by atoms with E-state index in [1.54, 1.807) is 0 Å². The first-order valence-corrected chi connectivity index (χ1v) is 8.51. The van der Waals surface area contributed by atoms with Crippen molar-refractivity contribution >= 4 is 17.5 Å². The van der Waals surface area contributed by atoms with Gasteiger partial charge in [-0.25, -0.2) is 0 Å². The second kappa shape index (κ2) is 7.34. The van der Waals surface area contributed by atoms with Crippen LogP contribution in [0, 0.1) is 0 Å². The Hall–Kier alpha value is -1.26. The molecule has 2 saturated heterocycles. The topological polar surface area (TPSA) is 32.8 Å². The van der Waals surface area contributed by atoms with E-state index >= 15 is 0 Å². The molecule has 0 spiro atoms. The zero-order chi connectivity index (χ0) is 15.4. The van der Waals surface area contributed by atoms with Crippen molar-refractivity contribution < 1.29 is 9.53 Å². The smallest absolute Gasteiger partial charge is 0.236 e. The fourth-order valence-electron chi connectivity index (χ4n) is 3.17. The van der Waals surface area contributed by atoms with Gasteiger partial charge in [0.05, 0.1) is 11.6 Å². The van der Waals surface area contributed by atoms with Gasteiger partial charge in [0, 0.05) is 25.9 Å². The van der Waals surface area contributed by atoms with Crippen molar-refractivity contribution in [3.05, 3.63) is 29.3 Å². The first-order valence-electron chi connectivity index (χ1n) is 8.14. The van der Waals surface area contributed by atoms with Crippen LogP contribution in [-0.2, 0) is 4.79 Å². The Morgan fingerprint density at radius 2 is 1.82 bits per heavy atom. The Bertz CT molecular complexity index is 509. The third-order valence-electron chi connectivity index (χ3n) is 4.48. The minimum absolute atomic E-state index is 0.149. The van der Waals surface area contributed by atoms with Crippen molar-refractivity contribution in [2.45, 2.75) is 31.8 Å². The molecule has 0 saturated carbocycles. The van der Waals surface area contributed by atoms with Crippen LogP contribution in [0.25, 0.3) is 0 Å². The summed E-state index contributed by atoms with van der Waals surface area (Å²) in [5, 5.41) is 0.648. The van der Waals surface area contributed by atoms with Crippen molar-refractivity contribution in [3.8, 4) is 5.75 Å². The molecule has 0 atom stereocenters. The molecule has 0 N–H and O–H groups in total. The number of amides is 1. The number of ether oxygens (including phenoxy) is 1. The van der Waals surface area contributed by atoms with Crippen LogP contribution >= 0.6 is 11.6 Å². The number of halogens is 1. The Balaban J connectivity index is 1.45. The first-order chi connectivity index (χ1) is 10.7. The second-order valence-corrected chi connectivity index (χ2v) is 6.52. The van der Waals surface area contributed by atoms with E-state index in [9.17, 15) is 4.79 Å². The van der Waals surface area contributed by atoms with E-state index in [-0.39, 0.29) is 12.0 Å². The molecular formula is C17H23ClN2O2. The average molecular weight is 323 g/mol. The monoisotopic (exact) mass is 322 g/mol. The van der Waals surface area contributed by atoms with Crippen LogP contribution in [-0.4, -0.2) is 54.5 Å². The van der Waals surface area contributed by atoms with E-state index in [4.69, 9.17) is 16.3 Å². The Labute approximate surface area is 137 Å². The van der Waals surface area contributed by atoms with Gasteiger partial charge in [0.1, 0.15) is 11.9 Å². The third kappa shape index (κ3) is 3.93. The molecular weight excluding hydrogens is 300 g/mol. The second-order valence-electron chi connectivity index (χ2n) is 6.11. The lowest BCUT2D eigenvalue weighted by atomic mass is 10.1. The van der Waals surface area contributed by atoms with Gasteiger partial charge in [-0.05, 0) is 38.1 Å². The number of likely N-dealkylation sites (tertiary alicyclic amines) is 2. The highest BCUT2D eigenvalue weighted by Crippen LogP contribution is 2.26. The summed E-state index contributed by atoms with van der Waals surface area (Å²) in [7, 11) is 0. The van der Waals surface area contributed by atoms with Crippen molar-refractivity contribution in [2.24, 2.45) is 0 Å². The molecule has 0 radical (unpaired) electrons. The summed E-state index contributed by atoms with van der Waals surface area (Å²) in [6.45, 7) is 4.27. The summed E-state index contributed by atoms with van der Waals surface area (Å²) >= 11 is 6.12. The zero-order valence-corrected chi connectivity index (χ0v) is 13.6. The summed E-state index contributed by atoms with van der Waals surface area (Å²) < 4.78 is 5.97.